The number of hydrogen-bond donors (Lipinski definition) is 0. The van der Waals surface area contributed by atoms with Gasteiger partial charge in [0, 0.05) is 49.4 Å². The highest BCUT2D eigenvalue weighted by Crippen LogP contribution is 2.23. The molecule has 3 aromatic rings. The minimum atomic E-state index is -0.339. The SMILES string of the molecule is COc1ccc(/C=C/C(=O)N2CCN(Cc3ccc(F)cc3Cl)CC2)cc1COc1ccccc1. The van der Waals surface area contributed by atoms with Crippen LogP contribution in [0.4, 0.5) is 4.39 Å². The van der Waals surface area contributed by atoms with E-state index in [-0.39, 0.29) is 11.7 Å². The minimum Gasteiger partial charge on any atom is -0.496 e. The van der Waals surface area contributed by atoms with E-state index in [1.807, 2.05) is 59.5 Å². The van der Waals surface area contributed by atoms with Crippen LogP contribution in [-0.4, -0.2) is 49.0 Å². The quantitative estimate of drug-likeness (QED) is 0.392. The molecule has 1 aliphatic heterocycles. The lowest BCUT2D eigenvalue weighted by molar-refractivity contribution is -0.127. The predicted molar refractivity (Wildman–Crippen MR) is 136 cm³/mol. The molecule has 0 saturated carbocycles. The van der Waals surface area contributed by atoms with Crippen LogP contribution < -0.4 is 9.47 Å². The van der Waals surface area contributed by atoms with Crippen LogP contribution >= 0.6 is 11.6 Å². The van der Waals surface area contributed by atoms with Gasteiger partial charge in [-0.1, -0.05) is 41.9 Å². The number of carbonyl (C=O) groups excluding carboxylic acids is 1. The van der Waals surface area contributed by atoms with Crippen LogP contribution in [0.2, 0.25) is 5.02 Å². The molecular formula is C28H28ClFN2O3. The van der Waals surface area contributed by atoms with E-state index < -0.39 is 0 Å². The summed E-state index contributed by atoms with van der Waals surface area (Å²) >= 11 is 6.15. The third kappa shape index (κ3) is 6.84. The summed E-state index contributed by atoms with van der Waals surface area (Å²) in [6, 6.07) is 19.8. The number of benzene rings is 3. The second-order valence-electron chi connectivity index (χ2n) is 8.34. The molecule has 0 atom stereocenters. The summed E-state index contributed by atoms with van der Waals surface area (Å²) in [7, 11) is 1.63. The Balaban J connectivity index is 1.32. The van der Waals surface area contributed by atoms with Gasteiger partial charge in [0.2, 0.25) is 5.91 Å². The maximum atomic E-state index is 13.3. The lowest BCUT2D eigenvalue weighted by atomic mass is 10.1. The molecule has 1 saturated heterocycles. The molecule has 35 heavy (non-hydrogen) atoms. The number of rotatable bonds is 8. The summed E-state index contributed by atoms with van der Waals surface area (Å²) < 4.78 is 24.6. The first-order valence-corrected chi connectivity index (χ1v) is 11.9. The van der Waals surface area contributed by atoms with Crippen molar-refractivity contribution in [1.29, 1.82) is 0 Å². The van der Waals surface area contributed by atoms with Gasteiger partial charge in [0.15, 0.2) is 0 Å². The Hall–Kier alpha value is -3.35. The van der Waals surface area contributed by atoms with Crippen LogP contribution in [-0.2, 0) is 17.9 Å². The number of halogens is 2. The maximum absolute atomic E-state index is 13.3. The van der Waals surface area contributed by atoms with Crippen LogP contribution in [0, 0.1) is 5.82 Å². The van der Waals surface area contributed by atoms with Crippen LogP contribution in [0.25, 0.3) is 6.08 Å². The van der Waals surface area contributed by atoms with Crippen LogP contribution in [0.5, 0.6) is 11.5 Å². The van der Waals surface area contributed by atoms with E-state index in [0.717, 1.165) is 41.3 Å². The highest BCUT2D eigenvalue weighted by Gasteiger charge is 2.20. The summed E-state index contributed by atoms with van der Waals surface area (Å²) in [6.45, 7) is 3.72. The lowest BCUT2D eigenvalue weighted by Gasteiger charge is -2.34. The van der Waals surface area contributed by atoms with Gasteiger partial charge in [0.25, 0.3) is 0 Å². The lowest BCUT2D eigenvalue weighted by Crippen LogP contribution is -2.47. The zero-order valence-electron chi connectivity index (χ0n) is 19.6. The fourth-order valence-corrected chi connectivity index (χ4v) is 4.21. The summed E-state index contributed by atoms with van der Waals surface area (Å²) in [5, 5.41) is 0.430. The minimum absolute atomic E-state index is 0.0256. The molecule has 4 rings (SSSR count). The molecule has 1 fully saturated rings. The Labute approximate surface area is 210 Å². The molecule has 1 aliphatic rings. The van der Waals surface area contributed by atoms with Crippen molar-refractivity contribution >= 4 is 23.6 Å². The number of hydrogen-bond acceptors (Lipinski definition) is 4. The van der Waals surface area contributed by atoms with Gasteiger partial charge in [-0.25, -0.2) is 4.39 Å². The van der Waals surface area contributed by atoms with Crippen LogP contribution in [0.3, 0.4) is 0 Å². The predicted octanol–water partition coefficient (Wildman–Crippen LogP) is 5.42. The highest BCUT2D eigenvalue weighted by atomic mass is 35.5. The average molecular weight is 495 g/mol. The largest absolute Gasteiger partial charge is 0.496 e. The summed E-state index contributed by atoms with van der Waals surface area (Å²) in [5.41, 5.74) is 2.69. The van der Waals surface area contributed by atoms with E-state index in [9.17, 15) is 9.18 Å². The molecule has 0 N–H and O–H groups in total. The van der Waals surface area contributed by atoms with E-state index in [1.54, 1.807) is 19.3 Å². The van der Waals surface area contributed by atoms with Gasteiger partial charge < -0.3 is 14.4 Å². The maximum Gasteiger partial charge on any atom is 0.246 e. The number of ether oxygens (including phenoxy) is 2. The molecule has 0 bridgehead atoms. The Morgan fingerprint density at radius 3 is 2.49 bits per heavy atom. The molecule has 0 aromatic heterocycles. The average Bonchev–Trinajstić information content (AvgIpc) is 2.88. The zero-order chi connectivity index (χ0) is 24.6. The summed E-state index contributed by atoms with van der Waals surface area (Å²) in [5.74, 6) is 1.16. The van der Waals surface area contributed by atoms with E-state index in [2.05, 4.69) is 4.90 Å². The topological polar surface area (TPSA) is 42.0 Å². The Kier molecular flexibility index (Phi) is 8.40. The fraction of sp³-hybridized carbons (Fsp3) is 0.250. The third-order valence-electron chi connectivity index (χ3n) is 5.95. The molecule has 0 radical (unpaired) electrons. The number of amides is 1. The third-order valence-corrected chi connectivity index (χ3v) is 6.31. The molecule has 7 heteroatoms. The molecule has 0 aliphatic carbocycles. The molecule has 0 unspecified atom stereocenters. The smallest absolute Gasteiger partial charge is 0.246 e. The Bertz CT molecular complexity index is 1180. The highest BCUT2D eigenvalue weighted by molar-refractivity contribution is 6.31. The number of nitrogens with zero attached hydrogens (tertiary/aromatic N) is 2. The fourth-order valence-electron chi connectivity index (χ4n) is 3.98. The number of para-hydroxylation sites is 1. The second-order valence-corrected chi connectivity index (χ2v) is 8.75. The standard InChI is InChI=1S/C28H28ClFN2O3/c1-34-27-11-7-21(17-23(27)20-35-25-5-3-2-4-6-25)8-12-28(33)32-15-13-31(14-16-32)19-22-9-10-24(30)18-26(22)29/h2-12,17-18H,13-16,19-20H2,1H3/b12-8+. The van der Waals surface area contributed by atoms with Crippen molar-refractivity contribution in [3.63, 3.8) is 0 Å². The van der Waals surface area contributed by atoms with E-state index in [1.165, 1.54) is 12.1 Å². The number of piperazine rings is 1. The van der Waals surface area contributed by atoms with Crippen molar-refractivity contribution in [2.24, 2.45) is 0 Å². The van der Waals surface area contributed by atoms with Crippen molar-refractivity contribution in [3.8, 4) is 11.5 Å². The van der Waals surface area contributed by atoms with Gasteiger partial charge in [-0.2, -0.15) is 0 Å². The van der Waals surface area contributed by atoms with Crippen molar-refractivity contribution in [2.75, 3.05) is 33.3 Å². The van der Waals surface area contributed by atoms with Gasteiger partial charge in [-0.05, 0) is 53.6 Å². The van der Waals surface area contributed by atoms with Crippen LogP contribution in [0.1, 0.15) is 16.7 Å². The van der Waals surface area contributed by atoms with E-state index >= 15 is 0 Å². The molecule has 182 valence electrons. The first-order valence-electron chi connectivity index (χ1n) is 11.5. The van der Waals surface area contributed by atoms with E-state index in [0.29, 0.717) is 31.3 Å². The second kappa shape index (κ2) is 11.9. The molecule has 3 aromatic carbocycles. The number of carbonyl (C=O) groups is 1. The molecule has 1 amide bonds. The van der Waals surface area contributed by atoms with Gasteiger partial charge in [0.05, 0.1) is 7.11 Å². The first kappa shape index (κ1) is 24.8. The van der Waals surface area contributed by atoms with Gasteiger partial charge in [-0.3, -0.25) is 9.69 Å². The molecule has 1 heterocycles. The van der Waals surface area contributed by atoms with Crippen molar-refractivity contribution < 1.29 is 18.7 Å². The monoisotopic (exact) mass is 494 g/mol. The number of methoxy groups -OCH3 is 1. The summed E-state index contributed by atoms with van der Waals surface area (Å²) in [4.78, 5) is 16.8. The zero-order valence-corrected chi connectivity index (χ0v) is 20.4. The van der Waals surface area contributed by atoms with Gasteiger partial charge in [0.1, 0.15) is 23.9 Å². The Morgan fingerprint density at radius 1 is 1.00 bits per heavy atom. The molecule has 0 spiro atoms. The van der Waals surface area contributed by atoms with E-state index in [4.69, 9.17) is 21.1 Å². The van der Waals surface area contributed by atoms with Gasteiger partial charge in [-0.15, -0.1) is 0 Å². The summed E-state index contributed by atoms with van der Waals surface area (Å²) in [6.07, 6.45) is 3.43. The molecular weight excluding hydrogens is 467 g/mol. The van der Waals surface area contributed by atoms with Crippen molar-refractivity contribution in [2.45, 2.75) is 13.2 Å². The normalized spacial score (nSPS) is 14.3. The van der Waals surface area contributed by atoms with Crippen molar-refractivity contribution in [1.82, 2.24) is 9.80 Å². The Morgan fingerprint density at radius 2 is 1.77 bits per heavy atom. The molecule has 5 nitrogen and oxygen atoms in total. The van der Waals surface area contributed by atoms with Crippen LogP contribution in [0.15, 0.2) is 72.8 Å². The first-order chi connectivity index (χ1) is 17.0. The van der Waals surface area contributed by atoms with Gasteiger partial charge >= 0.3 is 0 Å². The van der Waals surface area contributed by atoms with Crippen molar-refractivity contribution in [3.05, 3.63) is 100 Å².